The maximum absolute atomic E-state index is 2.34. The number of fused-ring (bicyclic) bond motifs is 1. The fourth-order valence-electron chi connectivity index (χ4n) is 3.03. The van der Waals surface area contributed by atoms with E-state index in [1.54, 1.807) is 0 Å². The molecule has 0 radical (unpaired) electrons. The predicted octanol–water partition coefficient (Wildman–Crippen LogP) is 5.00. The Morgan fingerprint density at radius 1 is 1.00 bits per heavy atom. The zero-order valence-corrected chi connectivity index (χ0v) is 11.0. The summed E-state index contributed by atoms with van der Waals surface area (Å²) in [6, 6.07) is 15.3. The van der Waals surface area contributed by atoms with Crippen LogP contribution >= 0.6 is 0 Å². The molecule has 3 rings (SSSR count). The van der Waals surface area contributed by atoms with Crippen molar-refractivity contribution in [2.75, 3.05) is 0 Å². The van der Waals surface area contributed by atoms with Crippen molar-refractivity contribution < 1.29 is 0 Å². The fourth-order valence-corrected chi connectivity index (χ4v) is 3.03. The molecular weight excluding hydrogens is 216 g/mol. The molecule has 0 aromatic heterocycles. The van der Waals surface area contributed by atoms with E-state index in [9.17, 15) is 0 Å². The lowest BCUT2D eigenvalue weighted by Crippen LogP contribution is -2.21. The van der Waals surface area contributed by atoms with Crippen molar-refractivity contribution in [3.05, 3.63) is 71.8 Å². The molecule has 0 heterocycles. The van der Waals surface area contributed by atoms with Crippen molar-refractivity contribution in [1.82, 2.24) is 0 Å². The van der Waals surface area contributed by atoms with E-state index in [1.165, 1.54) is 21.9 Å². The first-order chi connectivity index (χ1) is 8.69. The van der Waals surface area contributed by atoms with Crippen LogP contribution in [0.25, 0.3) is 10.8 Å². The third-order valence-electron chi connectivity index (χ3n) is 3.90. The summed E-state index contributed by atoms with van der Waals surface area (Å²) in [5.41, 5.74) is 3.01. The van der Waals surface area contributed by atoms with Crippen molar-refractivity contribution in [3.8, 4) is 0 Å². The van der Waals surface area contributed by atoms with Crippen molar-refractivity contribution >= 4 is 10.8 Å². The van der Waals surface area contributed by atoms with E-state index in [1.807, 2.05) is 0 Å². The number of rotatable bonds is 1. The topological polar surface area (TPSA) is 0 Å². The van der Waals surface area contributed by atoms with Gasteiger partial charge in [0.15, 0.2) is 0 Å². The predicted molar refractivity (Wildman–Crippen MR) is 78.8 cm³/mol. The lowest BCUT2D eigenvalue weighted by Gasteiger charge is -2.30. The summed E-state index contributed by atoms with van der Waals surface area (Å²) in [5.74, 6) is 0. The molecule has 2 aromatic carbocycles. The minimum Gasteiger partial charge on any atom is -0.0739 e. The standard InChI is InChI=1S/C18H18/c1-14-7-6-12-18(2,13-14)17-11-5-9-15-8-3-4-10-16(15)17/h3-12H,13H2,1-2H3. The summed E-state index contributed by atoms with van der Waals surface area (Å²) in [7, 11) is 0. The quantitative estimate of drug-likeness (QED) is 0.651. The average molecular weight is 234 g/mol. The minimum atomic E-state index is 0.125. The maximum atomic E-state index is 2.34. The van der Waals surface area contributed by atoms with Crippen molar-refractivity contribution in [2.45, 2.75) is 25.7 Å². The van der Waals surface area contributed by atoms with Gasteiger partial charge in [-0.25, -0.2) is 0 Å². The first kappa shape index (κ1) is 11.3. The van der Waals surface area contributed by atoms with Gasteiger partial charge in [0.05, 0.1) is 0 Å². The molecule has 0 bridgehead atoms. The van der Waals surface area contributed by atoms with E-state index >= 15 is 0 Å². The Labute approximate surface area is 109 Å². The van der Waals surface area contributed by atoms with E-state index in [4.69, 9.17) is 0 Å². The molecule has 18 heavy (non-hydrogen) atoms. The van der Waals surface area contributed by atoms with E-state index < -0.39 is 0 Å². The Kier molecular flexibility index (Phi) is 2.59. The zero-order valence-electron chi connectivity index (χ0n) is 11.0. The van der Waals surface area contributed by atoms with Gasteiger partial charge in [-0.15, -0.1) is 0 Å². The highest BCUT2D eigenvalue weighted by atomic mass is 14.3. The van der Waals surface area contributed by atoms with E-state index in [0.717, 1.165) is 6.42 Å². The van der Waals surface area contributed by atoms with Gasteiger partial charge in [0.2, 0.25) is 0 Å². The van der Waals surface area contributed by atoms with Gasteiger partial charge in [0.1, 0.15) is 0 Å². The molecule has 0 aliphatic heterocycles. The van der Waals surface area contributed by atoms with Crippen LogP contribution < -0.4 is 0 Å². The number of allylic oxidation sites excluding steroid dienone is 4. The van der Waals surface area contributed by atoms with Crippen molar-refractivity contribution in [3.63, 3.8) is 0 Å². The Morgan fingerprint density at radius 2 is 1.78 bits per heavy atom. The number of hydrogen-bond donors (Lipinski definition) is 0. The second-order valence-corrected chi connectivity index (χ2v) is 5.49. The molecule has 0 heteroatoms. The van der Waals surface area contributed by atoms with Crippen LogP contribution in [0, 0.1) is 0 Å². The van der Waals surface area contributed by atoms with Crippen LogP contribution in [0.15, 0.2) is 66.3 Å². The van der Waals surface area contributed by atoms with Crippen LogP contribution in [0.3, 0.4) is 0 Å². The van der Waals surface area contributed by atoms with Crippen molar-refractivity contribution in [2.24, 2.45) is 0 Å². The maximum Gasteiger partial charge on any atom is 0.0150 e. The zero-order chi connectivity index (χ0) is 12.6. The minimum absolute atomic E-state index is 0.125. The molecule has 90 valence electrons. The second-order valence-electron chi connectivity index (χ2n) is 5.49. The van der Waals surface area contributed by atoms with Crippen LogP contribution in [0.2, 0.25) is 0 Å². The van der Waals surface area contributed by atoms with Crippen LogP contribution in [0.1, 0.15) is 25.8 Å². The highest BCUT2D eigenvalue weighted by molar-refractivity contribution is 5.87. The van der Waals surface area contributed by atoms with Gasteiger partial charge in [-0.05, 0) is 29.7 Å². The molecule has 1 aliphatic carbocycles. The Balaban J connectivity index is 2.21. The average Bonchev–Trinajstić information content (AvgIpc) is 2.38. The molecule has 0 nitrogen and oxygen atoms in total. The molecule has 1 aliphatic rings. The highest BCUT2D eigenvalue weighted by Gasteiger charge is 2.26. The SMILES string of the molecule is CC1=CC=CC(C)(c2cccc3ccccc23)C1. The van der Waals surface area contributed by atoms with Gasteiger partial charge in [0.25, 0.3) is 0 Å². The Hall–Kier alpha value is -1.82. The molecule has 0 saturated carbocycles. The summed E-state index contributed by atoms with van der Waals surface area (Å²) in [5, 5.41) is 2.71. The smallest absolute Gasteiger partial charge is 0.0150 e. The van der Waals surface area contributed by atoms with Crippen LogP contribution in [0.4, 0.5) is 0 Å². The normalized spacial score (nSPS) is 23.1. The summed E-state index contributed by atoms with van der Waals surface area (Å²) >= 11 is 0. The Morgan fingerprint density at radius 3 is 2.61 bits per heavy atom. The third-order valence-corrected chi connectivity index (χ3v) is 3.90. The van der Waals surface area contributed by atoms with Crippen LogP contribution in [-0.2, 0) is 5.41 Å². The monoisotopic (exact) mass is 234 g/mol. The van der Waals surface area contributed by atoms with Gasteiger partial charge >= 0.3 is 0 Å². The lowest BCUT2D eigenvalue weighted by molar-refractivity contribution is 0.586. The molecule has 0 spiro atoms. The summed E-state index contributed by atoms with van der Waals surface area (Å²) in [6.45, 7) is 4.55. The number of hydrogen-bond acceptors (Lipinski definition) is 0. The molecule has 0 saturated heterocycles. The molecule has 0 fully saturated rings. The van der Waals surface area contributed by atoms with E-state index in [2.05, 4.69) is 74.5 Å². The summed E-state index contributed by atoms with van der Waals surface area (Å²) in [6.07, 6.45) is 7.85. The second kappa shape index (κ2) is 4.13. The van der Waals surface area contributed by atoms with Crippen molar-refractivity contribution in [1.29, 1.82) is 0 Å². The molecule has 2 aromatic rings. The first-order valence-electron chi connectivity index (χ1n) is 6.52. The Bertz CT molecular complexity index is 641. The largest absolute Gasteiger partial charge is 0.0739 e. The first-order valence-corrected chi connectivity index (χ1v) is 6.52. The van der Waals surface area contributed by atoms with Gasteiger partial charge in [-0.1, -0.05) is 73.2 Å². The van der Waals surface area contributed by atoms with Gasteiger partial charge in [0, 0.05) is 5.41 Å². The van der Waals surface area contributed by atoms with E-state index in [0.29, 0.717) is 0 Å². The molecule has 0 N–H and O–H groups in total. The van der Waals surface area contributed by atoms with Crippen LogP contribution in [0.5, 0.6) is 0 Å². The fraction of sp³-hybridized carbons (Fsp3) is 0.222. The molecule has 0 amide bonds. The third kappa shape index (κ3) is 1.78. The van der Waals surface area contributed by atoms with Gasteiger partial charge < -0.3 is 0 Å². The molecule has 1 atom stereocenters. The van der Waals surface area contributed by atoms with Gasteiger partial charge in [-0.2, -0.15) is 0 Å². The molecule has 1 unspecified atom stereocenters. The van der Waals surface area contributed by atoms with Crippen LogP contribution in [-0.4, -0.2) is 0 Å². The lowest BCUT2D eigenvalue weighted by atomic mass is 9.73. The molecular formula is C18H18. The van der Waals surface area contributed by atoms with Gasteiger partial charge in [-0.3, -0.25) is 0 Å². The summed E-state index contributed by atoms with van der Waals surface area (Å²) in [4.78, 5) is 0. The number of benzene rings is 2. The summed E-state index contributed by atoms with van der Waals surface area (Å²) < 4.78 is 0. The van der Waals surface area contributed by atoms with E-state index in [-0.39, 0.29) is 5.41 Å². The highest BCUT2D eigenvalue weighted by Crippen LogP contribution is 2.38.